The van der Waals surface area contributed by atoms with Crippen molar-refractivity contribution in [3.05, 3.63) is 48.2 Å². The van der Waals surface area contributed by atoms with Crippen LogP contribution in [0.4, 0.5) is 5.69 Å². The summed E-state index contributed by atoms with van der Waals surface area (Å²) < 4.78 is 4.92. The van der Waals surface area contributed by atoms with Crippen LogP contribution in [0.2, 0.25) is 0 Å². The first-order valence-electron chi connectivity index (χ1n) is 5.71. The van der Waals surface area contributed by atoms with Crippen molar-refractivity contribution in [1.82, 2.24) is 4.98 Å². The molecule has 4 heteroatoms. The van der Waals surface area contributed by atoms with Gasteiger partial charge in [0.15, 0.2) is 0 Å². The number of ether oxygens (including phenoxy) is 1. The van der Waals surface area contributed by atoms with E-state index in [1.54, 1.807) is 19.1 Å². The molecule has 2 rings (SSSR count). The number of carbonyl (C=O) groups excluding carboxylic acids is 1. The van der Waals surface area contributed by atoms with E-state index in [0.29, 0.717) is 18.0 Å². The number of benzene rings is 1. The molecule has 1 heterocycles. The molecular weight excluding hydrogens is 228 g/mol. The maximum atomic E-state index is 11.6. The molecule has 92 valence electrons. The topological polar surface area (TPSA) is 65.2 Å². The van der Waals surface area contributed by atoms with Gasteiger partial charge in [-0.2, -0.15) is 0 Å². The van der Waals surface area contributed by atoms with Crippen molar-refractivity contribution in [2.24, 2.45) is 0 Å². The molecular formula is C14H14N2O2. The molecule has 0 atom stereocenters. The van der Waals surface area contributed by atoms with Crippen molar-refractivity contribution in [2.75, 3.05) is 12.3 Å². The Morgan fingerprint density at radius 3 is 2.61 bits per heavy atom. The lowest BCUT2D eigenvalue weighted by Crippen LogP contribution is -2.08. The van der Waals surface area contributed by atoms with Crippen LogP contribution in [-0.2, 0) is 4.74 Å². The van der Waals surface area contributed by atoms with Crippen molar-refractivity contribution in [1.29, 1.82) is 0 Å². The van der Waals surface area contributed by atoms with Gasteiger partial charge in [-0.3, -0.25) is 0 Å². The largest absolute Gasteiger partial charge is 0.461 e. The standard InChI is InChI=1S/C14H14N2O2/c1-2-18-14(17)12-9-8-11(15)13(16-12)10-6-4-3-5-7-10/h3-9H,2,15H2,1H3. The fourth-order valence-corrected chi connectivity index (χ4v) is 1.62. The highest BCUT2D eigenvalue weighted by Crippen LogP contribution is 2.23. The fourth-order valence-electron chi connectivity index (χ4n) is 1.62. The first-order valence-corrected chi connectivity index (χ1v) is 5.71. The molecule has 2 N–H and O–H groups in total. The number of hydrogen-bond acceptors (Lipinski definition) is 4. The van der Waals surface area contributed by atoms with Crippen LogP contribution < -0.4 is 5.73 Å². The number of nitrogen functional groups attached to an aromatic ring is 1. The molecule has 0 aliphatic heterocycles. The maximum absolute atomic E-state index is 11.6. The second-order valence-electron chi connectivity index (χ2n) is 3.72. The Labute approximate surface area is 105 Å². The van der Waals surface area contributed by atoms with Crippen molar-refractivity contribution < 1.29 is 9.53 Å². The summed E-state index contributed by atoms with van der Waals surface area (Å²) in [5.41, 5.74) is 8.16. The summed E-state index contributed by atoms with van der Waals surface area (Å²) in [6.07, 6.45) is 0. The highest BCUT2D eigenvalue weighted by molar-refractivity contribution is 5.89. The minimum absolute atomic E-state index is 0.268. The van der Waals surface area contributed by atoms with Crippen LogP contribution in [0.5, 0.6) is 0 Å². The highest BCUT2D eigenvalue weighted by Gasteiger charge is 2.12. The second kappa shape index (κ2) is 5.31. The van der Waals surface area contributed by atoms with Gasteiger partial charge in [-0.25, -0.2) is 9.78 Å². The molecule has 0 saturated carbocycles. The monoisotopic (exact) mass is 242 g/mol. The number of nitrogens with zero attached hydrogens (tertiary/aromatic N) is 1. The zero-order chi connectivity index (χ0) is 13.0. The normalized spacial score (nSPS) is 10.1. The van der Waals surface area contributed by atoms with Gasteiger partial charge in [0.05, 0.1) is 18.0 Å². The number of aromatic nitrogens is 1. The first kappa shape index (κ1) is 12.1. The molecule has 18 heavy (non-hydrogen) atoms. The number of anilines is 1. The third-order valence-corrected chi connectivity index (χ3v) is 2.46. The van der Waals surface area contributed by atoms with Crippen LogP contribution in [0.1, 0.15) is 17.4 Å². The van der Waals surface area contributed by atoms with Gasteiger partial charge < -0.3 is 10.5 Å². The van der Waals surface area contributed by atoms with Crippen molar-refractivity contribution in [2.45, 2.75) is 6.92 Å². The van der Waals surface area contributed by atoms with Crippen molar-refractivity contribution >= 4 is 11.7 Å². The van der Waals surface area contributed by atoms with Gasteiger partial charge in [0.25, 0.3) is 0 Å². The fraction of sp³-hybridized carbons (Fsp3) is 0.143. The molecule has 2 aromatic rings. The minimum atomic E-state index is -0.435. The molecule has 0 unspecified atom stereocenters. The minimum Gasteiger partial charge on any atom is -0.461 e. The molecule has 0 radical (unpaired) electrons. The predicted octanol–water partition coefficient (Wildman–Crippen LogP) is 2.51. The third-order valence-electron chi connectivity index (χ3n) is 2.46. The number of esters is 1. The molecule has 4 nitrogen and oxygen atoms in total. The lowest BCUT2D eigenvalue weighted by atomic mass is 10.1. The van der Waals surface area contributed by atoms with Crippen LogP contribution in [0.25, 0.3) is 11.3 Å². The van der Waals surface area contributed by atoms with Gasteiger partial charge in [0.2, 0.25) is 0 Å². The Balaban J connectivity index is 2.42. The average molecular weight is 242 g/mol. The lowest BCUT2D eigenvalue weighted by molar-refractivity contribution is 0.0519. The Morgan fingerprint density at radius 2 is 1.94 bits per heavy atom. The van der Waals surface area contributed by atoms with Gasteiger partial charge in [0.1, 0.15) is 5.69 Å². The van der Waals surface area contributed by atoms with Gasteiger partial charge in [-0.1, -0.05) is 30.3 Å². The van der Waals surface area contributed by atoms with Gasteiger partial charge >= 0.3 is 5.97 Å². The lowest BCUT2D eigenvalue weighted by Gasteiger charge is -2.07. The predicted molar refractivity (Wildman–Crippen MR) is 70.0 cm³/mol. The molecule has 1 aromatic carbocycles. The number of hydrogen-bond donors (Lipinski definition) is 1. The maximum Gasteiger partial charge on any atom is 0.356 e. The zero-order valence-corrected chi connectivity index (χ0v) is 10.1. The second-order valence-corrected chi connectivity index (χ2v) is 3.72. The van der Waals surface area contributed by atoms with E-state index in [0.717, 1.165) is 5.56 Å². The third kappa shape index (κ3) is 2.48. The summed E-state index contributed by atoms with van der Waals surface area (Å²) in [5.74, 6) is -0.435. The highest BCUT2D eigenvalue weighted by atomic mass is 16.5. The first-order chi connectivity index (χ1) is 8.72. The summed E-state index contributed by atoms with van der Waals surface area (Å²) in [6.45, 7) is 2.08. The van der Waals surface area contributed by atoms with Crippen LogP contribution in [0.15, 0.2) is 42.5 Å². The molecule has 0 aliphatic carbocycles. The van der Waals surface area contributed by atoms with Gasteiger partial charge in [-0.05, 0) is 19.1 Å². The Kier molecular flexibility index (Phi) is 3.57. The molecule has 0 bridgehead atoms. The van der Waals surface area contributed by atoms with Crippen LogP contribution in [0, 0.1) is 0 Å². The van der Waals surface area contributed by atoms with Gasteiger partial charge in [-0.15, -0.1) is 0 Å². The number of nitrogens with two attached hydrogens (primary N) is 1. The number of rotatable bonds is 3. The Bertz CT molecular complexity index is 553. The van der Waals surface area contributed by atoms with E-state index in [1.807, 2.05) is 30.3 Å². The van der Waals surface area contributed by atoms with Crippen LogP contribution in [-0.4, -0.2) is 17.6 Å². The molecule has 0 amide bonds. The summed E-state index contributed by atoms with van der Waals surface area (Å²) in [6, 6.07) is 12.7. The SMILES string of the molecule is CCOC(=O)c1ccc(N)c(-c2ccccc2)n1. The van der Waals surface area contributed by atoms with E-state index < -0.39 is 5.97 Å². The van der Waals surface area contributed by atoms with E-state index in [4.69, 9.17) is 10.5 Å². The summed E-state index contributed by atoms with van der Waals surface area (Å²) >= 11 is 0. The number of carbonyl (C=O) groups is 1. The van der Waals surface area contributed by atoms with Crippen molar-refractivity contribution in [3.63, 3.8) is 0 Å². The smallest absolute Gasteiger partial charge is 0.356 e. The summed E-state index contributed by atoms with van der Waals surface area (Å²) in [7, 11) is 0. The van der Waals surface area contributed by atoms with E-state index in [-0.39, 0.29) is 5.69 Å². The molecule has 0 fully saturated rings. The molecule has 0 spiro atoms. The Hall–Kier alpha value is -2.36. The summed E-state index contributed by atoms with van der Waals surface area (Å²) in [4.78, 5) is 15.9. The van der Waals surface area contributed by atoms with Crippen LogP contribution in [0.3, 0.4) is 0 Å². The average Bonchev–Trinajstić information content (AvgIpc) is 2.40. The summed E-state index contributed by atoms with van der Waals surface area (Å²) in [5, 5.41) is 0. The zero-order valence-electron chi connectivity index (χ0n) is 10.1. The quantitative estimate of drug-likeness (QED) is 0.840. The van der Waals surface area contributed by atoms with E-state index in [2.05, 4.69) is 4.98 Å². The van der Waals surface area contributed by atoms with E-state index in [1.165, 1.54) is 0 Å². The van der Waals surface area contributed by atoms with Gasteiger partial charge in [0, 0.05) is 5.56 Å². The Morgan fingerprint density at radius 1 is 1.22 bits per heavy atom. The molecule has 0 saturated heterocycles. The van der Waals surface area contributed by atoms with Crippen LogP contribution >= 0.6 is 0 Å². The van der Waals surface area contributed by atoms with Crippen molar-refractivity contribution in [3.8, 4) is 11.3 Å². The van der Waals surface area contributed by atoms with E-state index in [9.17, 15) is 4.79 Å². The molecule has 1 aromatic heterocycles. The van der Waals surface area contributed by atoms with E-state index >= 15 is 0 Å². The molecule has 0 aliphatic rings. The number of pyridine rings is 1.